The average molecular weight is 334 g/mol. The van der Waals surface area contributed by atoms with Gasteiger partial charge in [0.2, 0.25) is 5.91 Å². The van der Waals surface area contributed by atoms with Gasteiger partial charge >= 0.3 is 0 Å². The molecular weight excluding hydrogens is 312 g/mol. The fourth-order valence-electron chi connectivity index (χ4n) is 2.75. The molecular formula is C16H22N4O2S. The molecule has 0 spiro atoms. The number of thiophene rings is 1. The van der Waals surface area contributed by atoms with Crippen molar-refractivity contribution in [2.75, 3.05) is 32.8 Å². The molecule has 2 aromatic rings. The minimum absolute atomic E-state index is 0.0106. The first-order valence-corrected chi connectivity index (χ1v) is 8.75. The number of rotatable bonds is 6. The minimum atomic E-state index is -0.307. The number of ether oxygens (including phenoxy) is 1. The van der Waals surface area contributed by atoms with Gasteiger partial charge < -0.3 is 10.1 Å². The summed E-state index contributed by atoms with van der Waals surface area (Å²) in [5, 5.41) is 9.30. The van der Waals surface area contributed by atoms with Crippen LogP contribution in [0.3, 0.4) is 0 Å². The molecule has 0 bridgehead atoms. The van der Waals surface area contributed by atoms with E-state index in [-0.39, 0.29) is 18.0 Å². The van der Waals surface area contributed by atoms with Gasteiger partial charge in [-0.15, -0.1) is 11.3 Å². The first kappa shape index (κ1) is 16.2. The van der Waals surface area contributed by atoms with Crippen LogP contribution in [0.25, 0.3) is 0 Å². The lowest BCUT2D eigenvalue weighted by Crippen LogP contribution is -2.44. The van der Waals surface area contributed by atoms with Crippen LogP contribution >= 0.6 is 11.3 Å². The van der Waals surface area contributed by atoms with E-state index in [4.69, 9.17) is 4.74 Å². The molecule has 2 aromatic heterocycles. The van der Waals surface area contributed by atoms with Crippen LogP contribution < -0.4 is 5.32 Å². The van der Waals surface area contributed by atoms with Gasteiger partial charge in [-0.3, -0.25) is 14.4 Å². The molecule has 2 atom stereocenters. The van der Waals surface area contributed by atoms with Crippen molar-refractivity contribution in [1.82, 2.24) is 20.0 Å². The standard InChI is InChI=1S/C16H22N4O2S/c1-13(20-6-3-5-18-20)16(21)17-12-14(15-4-2-11-23-15)19-7-9-22-10-8-19/h2-6,11,13-14H,7-10,12H2,1H3,(H,17,21)/t13-,14-/m0/s1. The molecule has 0 radical (unpaired) electrons. The molecule has 1 saturated heterocycles. The third-order valence-electron chi connectivity index (χ3n) is 4.13. The molecule has 0 aliphatic carbocycles. The fraction of sp³-hybridized carbons (Fsp3) is 0.500. The summed E-state index contributed by atoms with van der Waals surface area (Å²) in [7, 11) is 0. The first-order valence-electron chi connectivity index (χ1n) is 7.88. The van der Waals surface area contributed by atoms with Crippen molar-refractivity contribution in [1.29, 1.82) is 0 Å². The zero-order chi connectivity index (χ0) is 16.1. The van der Waals surface area contributed by atoms with Gasteiger partial charge in [-0.05, 0) is 24.4 Å². The lowest BCUT2D eigenvalue weighted by Gasteiger charge is -2.34. The van der Waals surface area contributed by atoms with Crippen LogP contribution in [0.15, 0.2) is 36.0 Å². The summed E-state index contributed by atoms with van der Waals surface area (Å²) in [6.07, 6.45) is 3.49. The van der Waals surface area contributed by atoms with E-state index in [0.29, 0.717) is 6.54 Å². The van der Waals surface area contributed by atoms with Gasteiger partial charge in [0.05, 0.1) is 19.3 Å². The highest BCUT2D eigenvalue weighted by Crippen LogP contribution is 2.25. The predicted octanol–water partition coefficient (Wildman–Crippen LogP) is 1.70. The Morgan fingerprint density at radius 3 is 2.91 bits per heavy atom. The summed E-state index contributed by atoms with van der Waals surface area (Å²) in [6.45, 7) is 5.75. The SMILES string of the molecule is C[C@@H](C(=O)NC[C@@H](c1cccs1)N1CCOCC1)n1cccn1. The van der Waals surface area contributed by atoms with Gasteiger partial charge in [-0.2, -0.15) is 5.10 Å². The normalized spacial score (nSPS) is 18.5. The van der Waals surface area contributed by atoms with Gasteiger partial charge in [0.1, 0.15) is 6.04 Å². The number of aromatic nitrogens is 2. The third kappa shape index (κ3) is 3.99. The predicted molar refractivity (Wildman–Crippen MR) is 89.4 cm³/mol. The molecule has 7 heteroatoms. The molecule has 1 amide bonds. The molecule has 0 unspecified atom stereocenters. The smallest absolute Gasteiger partial charge is 0.244 e. The van der Waals surface area contributed by atoms with Crippen LogP contribution in [0.1, 0.15) is 23.9 Å². The Hall–Kier alpha value is -1.70. The van der Waals surface area contributed by atoms with Crippen LogP contribution in [0, 0.1) is 0 Å². The van der Waals surface area contributed by atoms with E-state index in [1.54, 1.807) is 22.2 Å². The van der Waals surface area contributed by atoms with Crippen molar-refractivity contribution in [2.45, 2.75) is 19.0 Å². The zero-order valence-corrected chi connectivity index (χ0v) is 14.0. The molecule has 23 heavy (non-hydrogen) atoms. The second-order valence-electron chi connectivity index (χ2n) is 5.59. The van der Waals surface area contributed by atoms with Crippen molar-refractivity contribution < 1.29 is 9.53 Å². The highest BCUT2D eigenvalue weighted by Gasteiger charge is 2.25. The second kappa shape index (κ2) is 7.72. The van der Waals surface area contributed by atoms with Crippen molar-refractivity contribution >= 4 is 17.2 Å². The topological polar surface area (TPSA) is 59.4 Å². The van der Waals surface area contributed by atoms with Crippen molar-refractivity contribution in [2.24, 2.45) is 0 Å². The summed E-state index contributed by atoms with van der Waals surface area (Å²) in [6, 6.07) is 5.91. The van der Waals surface area contributed by atoms with E-state index in [9.17, 15) is 4.79 Å². The number of carbonyl (C=O) groups is 1. The zero-order valence-electron chi connectivity index (χ0n) is 13.2. The summed E-state index contributed by atoms with van der Waals surface area (Å²) in [4.78, 5) is 16.0. The van der Waals surface area contributed by atoms with Crippen molar-refractivity contribution in [3.05, 3.63) is 40.8 Å². The largest absolute Gasteiger partial charge is 0.379 e. The molecule has 124 valence electrons. The lowest BCUT2D eigenvalue weighted by molar-refractivity contribution is -0.124. The van der Waals surface area contributed by atoms with Crippen molar-refractivity contribution in [3.63, 3.8) is 0 Å². The molecule has 1 N–H and O–H groups in total. The highest BCUT2D eigenvalue weighted by molar-refractivity contribution is 7.10. The van der Waals surface area contributed by atoms with Gasteiger partial charge in [0.25, 0.3) is 0 Å². The maximum atomic E-state index is 12.4. The third-order valence-corrected chi connectivity index (χ3v) is 5.10. The van der Waals surface area contributed by atoms with Crippen LogP contribution in [-0.2, 0) is 9.53 Å². The summed E-state index contributed by atoms with van der Waals surface area (Å²) in [5.74, 6) is -0.0106. The number of hydrogen-bond acceptors (Lipinski definition) is 5. The molecule has 3 rings (SSSR count). The molecule has 6 nitrogen and oxygen atoms in total. The lowest BCUT2D eigenvalue weighted by atomic mass is 10.1. The minimum Gasteiger partial charge on any atom is -0.379 e. The first-order chi connectivity index (χ1) is 11.3. The Kier molecular flexibility index (Phi) is 5.43. The summed E-state index contributed by atoms with van der Waals surface area (Å²) < 4.78 is 7.11. The Balaban J connectivity index is 1.63. The van der Waals surface area contributed by atoms with Crippen LogP contribution in [0.5, 0.6) is 0 Å². The maximum absolute atomic E-state index is 12.4. The average Bonchev–Trinajstić information content (AvgIpc) is 3.29. The number of amides is 1. The van der Waals surface area contributed by atoms with E-state index in [1.165, 1.54) is 4.88 Å². The number of carbonyl (C=O) groups excluding carboxylic acids is 1. The number of nitrogens with one attached hydrogen (secondary N) is 1. The van der Waals surface area contributed by atoms with Gasteiger partial charge in [-0.1, -0.05) is 6.07 Å². The molecule has 0 saturated carbocycles. The molecule has 0 aromatic carbocycles. The second-order valence-corrected chi connectivity index (χ2v) is 6.57. The molecule has 1 aliphatic heterocycles. The Bertz CT molecular complexity index is 594. The van der Waals surface area contributed by atoms with Gasteiger partial charge in [0, 0.05) is 36.9 Å². The van der Waals surface area contributed by atoms with Crippen molar-refractivity contribution in [3.8, 4) is 0 Å². The Labute approximate surface area is 140 Å². The van der Waals surface area contributed by atoms with E-state index in [2.05, 4.69) is 32.8 Å². The van der Waals surface area contributed by atoms with Crippen LogP contribution in [0.2, 0.25) is 0 Å². The van der Waals surface area contributed by atoms with Gasteiger partial charge in [0.15, 0.2) is 0 Å². The van der Waals surface area contributed by atoms with E-state index in [0.717, 1.165) is 26.3 Å². The molecule has 3 heterocycles. The number of morpholine rings is 1. The van der Waals surface area contributed by atoms with E-state index < -0.39 is 0 Å². The van der Waals surface area contributed by atoms with E-state index in [1.807, 2.05) is 19.2 Å². The highest BCUT2D eigenvalue weighted by atomic mass is 32.1. The van der Waals surface area contributed by atoms with Crippen LogP contribution in [0.4, 0.5) is 0 Å². The maximum Gasteiger partial charge on any atom is 0.244 e. The van der Waals surface area contributed by atoms with Gasteiger partial charge in [-0.25, -0.2) is 0 Å². The number of nitrogens with zero attached hydrogens (tertiary/aromatic N) is 3. The summed E-state index contributed by atoms with van der Waals surface area (Å²) >= 11 is 1.73. The summed E-state index contributed by atoms with van der Waals surface area (Å²) in [5.41, 5.74) is 0. The Morgan fingerprint density at radius 1 is 1.43 bits per heavy atom. The van der Waals surface area contributed by atoms with E-state index >= 15 is 0 Å². The molecule has 1 fully saturated rings. The number of hydrogen-bond donors (Lipinski definition) is 1. The molecule has 1 aliphatic rings. The monoisotopic (exact) mass is 334 g/mol. The Morgan fingerprint density at radius 2 is 2.26 bits per heavy atom. The fourth-order valence-corrected chi connectivity index (χ4v) is 3.62. The van der Waals surface area contributed by atoms with Crippen LogP contribution in [-0.4, -0.2) is 53.4 Å². The quantitative estimate of drug-likeness (QED) is 0.873.